The van der Waals surface area contributed by atoms with Gasteiger partial charge in [0.25, 0.3) is 5.91 Å². The molecule has 13 nitrogen and oxygen atoms in total. The van der Waals surface area contributed by atoms with E-state index in [2.05, 4.69) is 15.3 Å². The Hall–Kier alpha value is -5.91. The quantitative estimate of drug-likeness (QED) is 0.0607. The Kier molecular flexibility index (Phi) is 11.7. The lowest BCUT2D eigenvalue weighted by Crippen LogP contribution is -2.49. The Morgan fingerprint density at radius 2 is 1.68 bits per heavy atom. The van der Waals surface area contributed by atoms with Gasteiger partial charge in [0.15, 0.2) is 23.1 Å². The van der Waals surface area contributed by atoms with Crippen LogP contribution >= 0.6 is 0 Å². The Balaban J connectivity index is 1.62. The van der Waals surface area contributed by atoms with E-state index in [1.54, 1.807) is 67.8 Å². The molecule has 0 unspecified atom stereocenters. The van der Waals surface area contributed by atoms with Crippen molar-refractivity contribution in [2.45, 2.75) is 31.0 Å². The zero-order valence-electron chi connectivity index (χ0n) is 28.3. The van der Waals surface area contributed by atoms with Crippen LogP contribution in [0.2, 0.25) is 0 Å². The minimum Gasteiger partial charge on any atom is -0.497 e. The molecule has 13 heteroatoms. The number of carbonyl (C=O) groups is 1. The van der Waals surface area contributed by atoms with E-state index >= 15 is 0 Å². The van der Waals surface area contributed by atoms with Gasteiger partial charge in [0.1, 0.15) is 11.5 Å². The normalized spacial score (nSPS) is 16.3. The second kappa shape index (κ2) is 16.5. The number of benzene rings is 4. The average molecular weight is 682 g/mol. The molecule has 0 aliphatic carbocycles. The fraction of sp³-hybridized carbons (Fsp3) is 0.297. The lowest BCUT2D eigenvalue weighted by atomic mass is 9.81. The van der Waals surface area contributed by atoms with Crippen LogP contribution in [0.3, 0.4) is 0 Å². The summed E-state index contributed by atoms with van der Waals surface area (Å²) < 4.78 is 34.4. The number of aliphatic hydroxyl groups excluding tert-OH is 1. The molecule has 5 rings (SSSR count). The number of nitrogens with zero attached hydrogens (tertiary/aromatic N) is 4. The number of azide groups is 1. The summed E-state index contributed by atoms with van der Waals surface area (Å²) in [5, 5.41) is 16.1. The van der Waals surface area contributed by atoms with Crippen LogP contribution in [-0.2, 0) is 22.5 Å². The molecule has 0 bridgehead atoms. The SMILES string of the molecule is COc1cccc([C@H]2OC(c3ccc(OCCCO)cc3)=N[C@@]2(Cc2ccccc2N=[N+]=[N-])C(=O)NCc2cc(OC)c(OC)c(OC)c2)c1. The highest BCUT2D eigenvalue weighted by molar-refractivity contribution is 6.01. The lowest BCUT2D eigenvalue weighted by molar-refractivity contribution is -0.129. The maximum Gasteiger partial charge on any atom is 0.252 e. The van der Waals surface area contributed by atoms with E-state index in [4.69, 9.17) is 38.5 Å². The third-order valence-electron chi connectivity index (χ3n) is 8.21. The number of aliphatic hydroxyl groups is 1. The number of nitrogens with one attached hydrogen (secondary N) is 1. The van der Waals surface area contributed by atoms with Gasteiger partial charge in [-0.15, -0.1) is 0 Å². The summed E-state index contributed by atoms with van der Waals surface area (Å²) in [4.78, 5) is 22.9. The van der Waals surface area contributed by atoms with Gasteiger partial charge >= 0.3 is 0 Å². The first kappa shape index (κ1) is 35.4. The molecular formula is C37H39N5O8. The highest BCUT2D eigenvalue weighted by Crippen LogP contribution is 2.45. The van der Waals surface area contributed by atoms with E-state index in [0.29, 0.717) is 69.7 Å². The Bertz CT molecular complexity index is 1850. The van der Waals surface area contributed by atoms with Crippen LogP contribution < -0.4 is 29.0 Å². The first-order valence-electron chi connectivity index (χ1n) is 15.8. The maximum absolute atomic E-state index is 14.8. The highest BCUT2D eigenvalue weighted by atomic mass is 16.5. The molecule has 0 aromatic heterocycles. The number of rotatable bonds is 16. The van der Waals surface area contributed by atoms with Crippen molar-refractivity contribution in [1.82, 2.24) is 5.32 Å². The van der Waals surface area contributed by atoms with Crippen LogP contribution in [0.4, 0.5) is 5.69 Å². The third kappa shape index (κ3) is 7.70. The molecule has 2 N–H and O–H groups in total. The average Bonchev–Trinajstić information content (AvgIpc) is 3.55. The molecule has 1 amide bonds. The molecular weight excluding hydrogens is 642 g/mol. The Morgan fingerprint density at radius 3 is 2.34 bits per heavy atom. The standard InChI is InChI=1S/C37H39N5O8/c1-45-29-11-7-10-26(21-29)34-37(22-27-9-5-6-12-30(27)41-42-38,40-35(50-34)25-13-15-28(16-14-25)49-18-8-17-43)36(44)39-23-24-19-31(46-2)33(48-4)32(20-24)47-3/h5-7,9-16,19-21,34,43H,8,17-18,22-23H2,1-4H3,(H,39,44)/t34-,37-/m1/s1. The molecule has 0 saturated carbocycles. The van der Waals surface area contributed by atoms with Crippen molar-refractivity contribution in [3.63, 3.8) is 0 Å². The number of aliphatic imine (C=N–C) groups is 1. The van der Waals surface area contributed by atoms with Gasteiger partial charge in [-0.1, -0.05) is 41.5 Å². The van der Waals surface area contributed by atoms with E-state index in [-0.39, 0.29) is 25.5 Å². The van der Waals surface area contributed by atoms with E-state index < -0.39 is 17.6 Å². The minimum absolute atomic E-state index is 0.0248. The smallest absolute Gasteiger partial charge is 0.252 e. The summed E-state index contributed by atoms with van der Waals surface area (Å²) in [5.74, 6) is 2.30. The van der Waals surface area contributed by atoms with Gasteiger partial charge in [0.2, 0.25) is 11.6 Å². The van der Waals surface area contributed by atoms with Crippen molar-refractivity contribution in [3.8, 4) is 28.7 Å². The molecule has 0 spiro atoms. The van der Waals surface area contributed by atoms with Gasteiger partial charge < -0.3 is 38.8 Å². The van der Waals surface area contributed by atoms with E-state index in [1.165, 1.54) is 21.3 Å². The minimum atomic E-state index is -1.58. The zero-order chi connectivity index (χ0) is 35.5. The molecule has 4 aromatic rings. The molecule has 1 heterocycles. The second-order valence-electron chi connectivity index (χ2n) is 11.3. The number of ether oxygens (including phenoxy) is 6. The van der Waals surface area contributed by atoms with Gasteiger partial charge in [-0.2, -0.15) is 0 Å². The van der Waals surface area contributed by atoms with Crippen LogP contribution in [0, 0.1) is 0 Å². The summed E-state index contributed by atoms with van der Waals surface area (Å²) in [7, 11) is 6.13. The summed E-state index contributed by atoms with van der Waals surface area (Å²) in [6.07, 6.45) is -0.394. The van der Waals surface area contributed by atoms with Gasteiger partial charge in [0.05, 0.1) is 35.0 Å². The molecule has 0 fully saturated rings. The van der Waals surface area contributed by atoms with Crippen LogP contribution in [0.15, 0.2) is 95.0 Å². The van der Waals surface area contributed by atoms with Crippen molar-refractivity contribution in [1.29, 1.82) is 0 Å². The topological polar surface area (TPSA) is 166 Å². The molecule has 260 valence electrons. The van der Waals surface area contributed by atoms with Gasteiger partial charge in [-0.05, 0) is 70.8 Å². The number of amides is 1. The molecule has 1 aliphatic heterocycles. The molecule has 0 saturated heterocycles. The number of hydrogen-bond donors (Lipinski definition) is 2. The van der Waals surface area contributed by atoms with Crippen LogP contribution in [0.1, 0.15) is 34.8 Å². The molecule has 4 aromatic carbocycles. The first-order valence-corrected chi connectivity index (χ1v) is 15.8. The summed E-state index contributed by atoms with van der Waals surface area (Å²) in [5.41, 5.74) is 10.7. The van der Waals surface area contributed by atoms with E-state index in [9.17, 15) is 10.3 Å². The zero-order valence-corrected chi connectivity index (χ0v) is 28.3. The van der Waals surface area contributed by atoms with Gasteiger partial charge in [-0.25, -0.2) is 4.99 Å². The van der Waals surface area contributed by atoms with Crippen LogP contribution in [0.25, 0.3) is 10.4 Å². The third-order valence-corrected chi connectivity index (χ3v) is 8.21. The highest BCUT2D eigenvalue weighted by Gasteiger charge is 2.53. The summed E-state index contributed by atoms with van der Waals surface area (Å²) in [6.45, 7) is 0.483. The fourth-order valence-electron chi connectivity index (χ4n) is 5.76. The molecule has 2 atom stereocenters. The maximum atomic E-state index is 14.8. The fourth-order valence-corrected chi connectivity index (χ4v) is 5.76. The van der Waals surface area contributed by atoms with E-state index in [1.807, 2.05) is 24.3 Å². The summed E-state index contributed by atoms with van der Waals surface area (Å²) >= 11 is 0. The molecule has 0 radical (unpaired) electrons. The second-order valence-corrected chi connectivity index (χ2v) is 11.3. The van der Waals surface area contributed by atoms with Crippen molar-refractivity contribution < 1.29 is 38.3 Å². The van der Waals surface area contributed by atoms with Crippen molar-refractivity contribution >= 4 is 17.5 Å². The predicted molar refractivity (Wildman–Crippen MR) is 187 cm³/mol. The Labute approximate surface area is 290 Å². The number of carbonyl (C=O) groups excluding carboxylic acids is 1. The largest absolute Gasteiger partial charge is 0.497 e. The Morgan fingerprint density at radius 1 is 0.940 bits per heavy atom. The first-order chi connectivity index (χ1) is 24.4. The predicted octanol–water partition coefficient (Wildman–Crippen LogP) is 6.24. The van der Waals surface area contributed by atoms with Crippen LogP contribution in [-0.4, -0.2) is 64.1 Å². The summed E-state index contributed by atoms with van der Waals surface area (Å²) in [6, 6.07) is 25.0. The van der Waals surface area contributed by atoms with E-state index in [0.717, 1.165) is 0 Å². The van der Waals surface area contributed by atoms with Crippen molar-refractivity contribution in [2.75, 3.05) is 41.7 Å². The monoisotopic (exact) mass is 681 g/mol. The van der Waals surface area contributed by atoms with Crippen molar-refractivity contribution in [3.05, 3.63) is 118 Å². The molecule has 1 aliphatic rings. The van der Waals surface area contributed by atoms with Crippen molar-refractivity contribution in [2.24, 2.45) is 10.1 Å². The number of methoxy groups -OCH3 is 4. The lowest BCUT2D eigenvalue weighted by Gasteiger charge is -2.31. The van der Waals surface area contributed by atoms with Gasteiger partial charge in [0, 0.05) is 42.2 Å². The molecule has 50 heavy (non-hydrogen) atoms. The number of hydrogen-bond acceptors (Lipinski definition) is 10. The van der Waals surface area contributed by atoms with Gasteiger partial charge in [-0.3, -0.25) is 4.79 Å². The van der Waals surface area contributed by atoms with Crippen LogP contribution in [0.5, 0.6) is 28.7 Å².